The van der Waals surface area contributed by atoms with Crippen molar-refractivity contribution in [1.82, 2.24) is 14.9 Å². The van der Waals surface area contributed by atoms with Crippen molar-refractivity contribution >= 4 is 52.5 Å². The average Bonchev–Trinajstić information content (AvgIpc) is 2.68. The van der Waals surface area contributed by atoms with Gasteiger partial charge in [-0.05, 0) is 44.2 Å². The van der Waals surface area contributed by atoms with Crippen LogP contribution in [0.4, 0.5) is 5.69 Å². The lowest BCUT2D eigenvalue weighted by Crippen LogP contribution is -2.39. The SMILES string of the molecule is CCCN(CC(=O)Nc1ccc(Cl)cc1Cl)C(=O)CCc1c(C)nc(SC)[nH]c1=O. The molecule has 30 heavy (non-hydrogen) atoms. The number of hydrogen-bond donors (Lipinski definition) is 2. The molecular weight excluding hydrogens is 447 g/mol. The summed E-state index contributed by atoms with van der Waals surface area (Å²) in [6.07, 6.45) is 2.89. The third-order valence-electron chi connectivity index (χ3n) is 4.37. The Balaban J connectivity index is 2.02. The fourth-order valence-electron chi connectivity index (χ4n) is 2.88. The van der Waals surface area contributed by atoms with E-state index in [1.54, 1.807) is 19.1 Å². The van der Waals surface area contributed by atoms with Gasteiger partial charge in [0.05, 0.1) is 17.3 Å². The summed E-state index contributed by atoms with van der Waals surface area (Å²) in [5, 5.41) is 4.02. The third kappa shape index (κ3) is 6.75. The van der Waals surface area contributed by atoms with Crippen LogP contribution in [0.3, 0.4) is 0 Å². The second-order valence-electron chi connectivity index (χ2n) is 6.63. The van der Waals surface area contributed by atoms with Crippen molar-refractivity contribution in [3.05, 3.63) is 49.9 Å². The number of halogens is 2. The molecule has 0 bridgehead atoms. The molecule has 0 unspecified atom stereocenters. The topological polar surface area (TPSA) is 95.2 Å². The number of benzene rings is 1. The predicted octanol–water partition coefficient (Wildman–Crippen LogP) is 3.92. The van der Waals surface area contributed by atoms with E-state index in [1.165, 1.54) is 22.7 Å². The average molecular weight is 471 g/mol. The molecule has 1 aromatic carbocycles. The van der Waals surface area contributed by atoms with Crippen molar-refractivity contribution in [1.29, 1.82) is 0 Å². The Morgan fingerprint density at radius 3 is 2.63 bits per heavy atom. The highest BCUT2D eigenvalue weighted by Crippen LogP contribution is 2.25. The molecule has 0 radical (unpaired) electrons. The summed E-state index contributed by atoms with van der Waals surface area (Å²) in [5.41, 5.74) is 1.27. The second kappa shape index (κ2) is 11.4. The number of nitrogens with zero attached hydrogens (tertiary/aromatic N) is 2. The number of aromatic amines is 1. The molecule has 0 fully saturated rings. The van der Waals surface area contributed by atoms with Crippen LogP contribution in [0.15, 0.2) is 28.2 Å². The van der Waals surface area contributed by atoms with Crippen LogP contribution in [0.2, 0.25) is 10.0 Å². The molecule has 0 spiro atoms. The van der Waals surface area contributed by atoms with Gasteiger partial charge < -0.3 is 15.2 Å². The largest absolute Gasteiger partial charge is 0.333 e. The molecule has 7 nitrogen and oxygen atoms in total. The van der Waals surface area contributed by atoms with E-state index in [-0.39, 0.29) is 36.8 Å². The van der Waals surface area contributed by atoms with Crippen LogP contribution in [0, 0.1) is 6.92 Å². The summed E-state index contributed by atoms with van der Waals surface area (Å²) in [5.74, 6) is -0.567. The number of aromatic nitrogens is 2. The van der Waals surface area contributed by atoms with Crippen molar-refractivity contribution in [2.75, 3.05) is 24.7 Å². The minimum Gasteiger partial charge on any atom is -0.333 e. The van der Waals surface area contributed by atoms with Gasteiger partial charge in [-0.25, -0.2) is 4.98 Å². The molecule has 0 atom stereocenters. The zero-order chi connectivity index (χ0) is 22.3. The molecule has 0 saturated heterocycles. The van der Waals surface area contributed by atoms with Crippen LogP contribution < -0.4 is 10.9 Å². The molecule has 162 valence electrons. The Hall–Kier alpha value is -2.03. The number of thioether (sulfide) groups is 1. The molecule has 0 saturated carbocycles. The van der Waals surface area contributed by atoms with Crippen LogP contribution in [0.5, 0.6) is 0 Å². The van der Waals surface area contributed by atoms with E-state index in [9.17, 15) is 14.4 Å². The molecule has 0 aliphatic heterocycles. The fraction of sp³-hybridized carbons (Fsp3) is 0.400. The van der Waals surface area contributed by atoms with Crippen LogP contribution in [-0.4, -0.2) is 46.0 Å². The zero-order valence-electron chi connectivity index (χ0n) is 17.1. The van der Waals surface area contributed by atoms with E-state index in [1.807, 2.05) is 13.2 Å². The normalized spacial score (nSPS) is 10.7. The maximum Gasteiger partial charge on any atom is 0.254 e. The standard InChI is InChI=1S/C20H24Cl2N4O3S/c1-4-9-26(11-17(27)24-16-7-5-13(21)10-15(16)22)18(28)8-6-14-12(2)23-20(30-3)25-19(14)29/h5,7,10H,4,6,8-9,11H2,1-3H3,(H,24,27)(H,23,25,29). The fourth-order valence-corrected chi connectivity index (χ4v) is 3.76. The van der Waals surface area contributed by atoms with Crippen LogP contribution >= 0.6 is 35.0 Å². The number of aryl methyl sites for hydroxylation is 1. The summed E-state index contributed by atoms with van der Waals surface area (Å²) in [4.78, 5) is 45.9. The Morgan fingerprint density at radius 2 is 2.03 bits per heavy atom. The number of anilines is 1. The van der Waals surface area contributed by atoms with Gasteiger partial charge in [0.15, 0.2) is 5.16 Å². The van der Waals surface area contributed by atoms with Crippen molar-refractivity contribution < 1.29 is 9.59 Å². The van der Waals surface area contributed by atoms with Crippen LogP contribution in [0.25, 0.3) is 0 Å². The smallest absolute Gasteiger partial charge is 0.254 e. The first kappa shape index (κ1) is 24.2. The lowest BCUT2D eigenvalue weighted by molar-refractivity contribution is -0.134. The molecule has 10 heteroatoms. The van der Waals surface area contributed by atoms with Gasteiger partial charge in [-0.3, -0.25) is 14.4 Å². The van der Waals surface area contributed by atoms with Gasteiger partial charge in [0, 0.05) is 29.2 Å². The Kier molecular flexibility index (Phi) is 9.20. The third-order valence-corrected chi connectivity index (χ3v) is 5.50. The highest BCUT2D eigenvalue weighted by atomic mass is 35.5. The van der Waals surface area contributed by atoms with E-state index in [2.05, 4.69) is 15.3 Å². The van der Waals surface area contributed by atoms with Crippen LogP contribution in [-0.2, 0) is 16.0 Å². The van der Waals surface area contributed by atoms with Gasteiger partial charge in [0.2, 0.25) is 11.8 Å². The van der Waals surface area contributed by atoms with Crippen molar-refractivity contribution in [3.63, 3.8) is 0 Å². The van der Waals surface area contributed by atoms with E-state index in [0.29, 0.717) is 45.1 Å². The van der Waals surface area contributed by atoms with Gasteiger partial charge >= 0.3 is 0 Å². The summed E-state index contributed by atoms with van der Waals surface area (Å²) in [6, 6.07) is 4.76. The number of hydrogen-bond acceptors (Lipinski definition) is 5. The highest BCUT2D eigenvalue weighted by Gasteiger charge is 2.19. The van der Waals surface area contributed by atoms with Gasteiger partial charge in [-0.1, -0.05) is 41.9 Å². The van der Waals surface area contributed by atoms with Crippen molar-refractivity contribution in [3.8, 4) is 0 Å². The van der Waals surface area contributed by atoms with Gasteiger partial charge in [0.25, 0.3) is 5.56 Å². The lowest BCUT2D eigenvalue weighted by atomic mass is 10.1. The molecule has 2 N–H and O–H groups in total. The van der Waals surface area contributed by atoms with Gasteiger partial charge in [0.1, 0.15) is 0 Å². The predicted molar refractivity (Wildman–Crippen MR) is 122 cm³/mol. The van der Waals surface area contributed by atoms with Crippen LogP contribution in [0.1, 0.15) is 31.0 Å². The zero-order valence-corrected chi connectivity index (χ0v) is 19.4. The Bertz CT molecular complexity index is 981. The van der Waals surface area contributed by atoms with E-state index >= 15 is 0 Å². The lowest BCUT2D eigenvalue weighted by Gasteiger charge is -2.22. The summed E-state index contributed by atoms with van der Waals surface area (Å²) in [7, 11) is 0. The number of rotatable bonds is 9. The minimum absolute atomic E-state index is 0.107. The highest BCUT2D eigenvalue weighted by molar-refractivity contribution is 7.98. The molecule has 0 aliphatic carbocycles. The second-order valence-corrected chi connectivity index (χ2v) is 8.27. The molecular formula is C20H24Cl2N4O3S. The van der Waals surface area contributed by atoms with E-state index in [4.69, 9.17) is 23.2 Å². The monoisotopic (exact) mass is 470 g/mol. The Morgan fingerprint density at radius 1 is 1.30 bits per heavy atom. The van der Waals surface area contributed by atoms with E-state index in [0.717, 1.165) is 0 Å². The first-order valence-electron chi connectivity index (χ1n) is 9.41. The van der Waals surface area contributed by atoms with Gasteiger partial charge in [-0.2, -0.15) is 0 Å². The first-order chi connectivity index (χ1) is 14.2. The maximum absolute atomic E-state index is 12.7. The first-order valence-corrected chi connectivity index (χ1v) is 11.4. The summed E-state index contributed by atoms with van der Waals surface area (Å²) in [6.45, 7) is 4.00. The molecule has 0 aliphatic rings. The molecule has 1 aromatic heterocycles. The number of carbonyl (C=O) groups excluding carboxylic acids is 2. The molecule has 1 heterocycles. The van der Waals surface area contributed by atoms with Crippen molar-refractivity contribution in [2.45, 2.75) is 38.3 Å². The number of carbonyl (C=O) groups is 2. The molecule has 2 amide bonds. The van der Waals surface area contributed by atoms with E-state index < -0.39 is 0 Å². The number of nitrogens with one attached hydrogen (secondary N) is 2. The quantitative estimate of drug-likeness (QED) is 0.427. The number of H-pyrrole nitrogens is 1. The summed E-state index contributed by atoms with van der Waals surface area (Å²) < 4.78 is 0. The molecule has 2 aromatic rings. The minimum atomic E-state index is -0.360. The Labute approximate surface area is 189 Å². The summed E-state index contributed by atoms with van der Waals surface area (Å²) >= 11 is 13.3. The van der Waals surface area contributed by atoms with Gasteiger partial charge in [-0.15, -0.1) is 0 Å². The number of amides is 2. The van der Waals surface area contributed by atoms with Crippen molar-refractivity contribution in [2.24, 2.45) is 0 Å². The molecule has 2 rings (SSSR count). The maximum atomic E-state index is 12.7.